The van der Waals surface area contributed by atoms with Crippen molar-refractivity contribution in [1.82, 2.24) is 14.9 Å². The molecular formula is C15H26N4O2S. The molecule has 2 rings (SSSR count). The van der Waals surface area contributed by atoms with Gasteiger partial charge in [0.15, 0.2) is 0 Å². The second kappa shape index (κ2) is 9.17. The third kappa shape index (κ3) is 6.37. The van der Waals surface area contributed by atoms with Gasteiger partial charge in [0, 0.05) is 31.5 Å². The van der Waals surface area contributed by atoms with E-state index in [4.69, 9.17) is 4.74 Å². The number of hydrogen-bond donors (Lipinski definition) is 2. The van der Waals surface area contributed by atoms with Crippen LogP contribution in [0, 0.1) is 0 Å². The first-order valence-corrected chi connectivity index (χ1v) is 8.94. The molecule has 124 valence electrons. The smallest absolute Gasteiger partial charge is 0.252 e. The zero-order valence-electron chi connectivity index (χ0n) is 13.4. The Bertz CT molecular complexity index is 501. The summed E-state index contributed by atoms with van der Waals surface area (Å²) in [5.74, 6) is 1.35. The van der Waals surface area contributed by atoms with Crippen molar-refractivity contribution in [3.05, 3.63) is 22.1 Å². The molecule has 1 fully saturated rings. The van der Waals surface area contributed by atoms with Crippen LogP contribution in [-0.2, 0) is 10.5 Å². The van der Waals surface area contributed by atoms with Crippen molar-refractivity contribution in [2.24, 2.45) is 0 Å². The minimum atomic E-state index is -0.0926. The van der Waals surface area contributed by atoms with Gasteiger partial charge in [-0.3, -0.25) is 14.7 Å². The Morgan fingerprint density at radius 3 is 2.95 bits per heavy atom. The van der Waals surface area contributed by atoms with E-state index in [1.165, 1.54) is 0 Å². The minimum absolute atomic E-state index is 0.0926. The van der Waals surface area contributed by atoms with E-state index < -0.39 is 0 Å². The van der Waals surface area contributed by atoms with E-state index in [0.717, 1.165) is 57.3 Å². The molecule has 0 amide bonds. The van der Waals surface area contributed by atoms with Gasteiger partial charge in [0.05, 0.1) is 18.9 Å². The number of nitrogens with zero attached hydrogens (tertiary/aromatic N) is 2. The molecule has 6 nitrogen and oxygen atoms in total. The molecule has 2 N–H and O–H groups in total. The second-order valence-electron chi connectivity index (χ2n) is 5.68. The largest absolute Gasteiger partial charge is 0.379 e. The standard InChI is InChI=1S/C15H26N4O2S/c1-12(2)22-11-13-10-14(20)18-15(17-13)16-4-3-5-19-6-8-21-9-7-19/h10,12H,3-9,11H2,1-2H3,(H2,16,17,18,20). The van der Waals surface area contributed by atoms with Crippen LogP contribution in [0.15, 0.2) is 10.9 Å². The Kier molecular flexibility index (Phi) is 7.21. The normalized spacial score (nSPS) is 16.1. The molecule has 0 radical (unpaired) electrons. The summed E-state index contributed by atoms with van der Waals surface area (Å²) in [6, 6.07) is 1.58. The number of nitrogens with one attached hydrogen (secondary N) is 2. The summed E-state index contributed by atoms with van der Waals surface area (Å²) >= 11 is 1.79. The molecule has 1 aromatic rings. The van der Waals surface area contributed by atoms with E-state index in [-0.39, 0.29) is 5.56 Å². The zero-order valence-corrected chi connectivity index (χ0v) is 14.2. The summed E-state index contributed by atoms with van der Waals surface area (Å²) in [7, 11) is 0. The van der Waals surface area contributed by atoms with E-state index >= 15 is 0 Å². The Morgan fingerprint density at radius 2 is 2.23 bits per heavy atom. The Hall–Kier alpha value is -1.05. The van der Waals surface area contributed by atoms with Crippen LogP contribution in [0.2, 0.25) is 0 Å². The predicted octanol–water partition coefficient (Wildman–Crippen LogP) is 1.55. The summed E-state index contributed by atoms with van der Waals surface area (Å²) < 4.78 is 5.33. The molecule has 1 aromatic heterocycles. The Labute approximate surface area is 136 Å². The topological polar surface area (TPSA) is 70.2 Å². The van der Waals surface area contributed by atoms with Gasteiger partial charge in [0.2, 0.25) is 5.95 Å². The number of aromatic amines is 1. The number of H-pyrrole nitrogens is 1. The summed E-state index contributed by atoms with van der Waals surface area (Å²) in [6.07, 6.45) is 1.02. The Morgan fingerprint density at radius 1 is 1.45 bits per heavy atom. The van der Waals surface area contributed by atoms with Crippen molar-refractivity contribution < 1.29 is 4.74 Å². The Balaban J connectivity index is 1.75. The number of hydrogen-bond acceptors (Lipinski definition) is 6. The summed E-state index contributed by atoms with van der Waals surface area (Å²) in [4.78, 5) is 21.3. The quantitative estimate of drug-likeness (QED) is 0.706. The van der Waals surface area contributed by atoms with Crippen LogP contribution >= 0.6 is 11.8 Å². The maximum Gasteiger partial charge on any atom is 0.252 e. The minimum Gasteiger partial charge on any atom is -0.379 e. The lowest BCUT2D eigenvalue weighted by Crippen LogP contribution is -2.37. The van der Waals surface area contributed by atoms with Gasteiger partial charge < -0.3 is 10.1 Å². The average Bonchev–Trinajstić information content (AvgIpc) is 2.50. The molecule has 0 bridgehead atoms. The van der Waals surface area contributed by atoms with Crippen molar-refractivity contribution in [1.29, 1.82) is 0 Å². The summed E-state index contributed by atoms with van der Waals surface area (Å²) in [6.45, 7) is 9.82. The SMILES string of the molecule is CC(C)SCc1cc(=O)[nH]c(NCCCN2CCOCC2)n1. The van der Waals surface area contributed by atoms with Crippen LogP contribution in [0.4, 0.5) is 5.95 Å². The first kappa shape index (κ1) is 17.3. The van der Waals surface area contributed by atoms with E-state index in [1.54, 1.807) is 17.8 Å². The first-order valence-electron chi connectivity index (χ1n) is 7.89. The van der Waals surface area contributed by atoms with E-state index in [1.807, 2.05) is 0 Å². The van der Waals surface area contributed by atoms with Gasteiger partial charge in [-0.05, 0) is 18.2 Å². The van der Waals surface area contributed by atoms with Crippen molar-refractivity contribution in [2.75, 3.05) is 44.7 Å². The number of aromatic nitrogens is 2. The van der Waals surface area contributed by atoms with Crippen molar-refractivity contribution >= 4 is 17.7 Å². The molecule has 0 atom stereocenters. The molecule has 1 aliphatic rings. The van der Waals surface area contributed by atoms with E-state index in [2.05, 4.69) is 34.0 Å². The number of morpholine rings is 1. The van der Waals surface area contributed by atoms with Crippen molar-refractivity contribution in [3.63, 3.8) is 0 Å². The lowest BCUT2D eigenvalue weighted by molar-refractivity contribution is 0.0378. The molecular weight excluding hydrogens is 300 g/mol. The van der Waals surface area contributed by atoms with Crippen LogP contribution in [-0.4, -0.2) is 59.5 Å². The van der Waals surface area contributed by atoms with Crippen molar-refractivity contribution in [2.45, 2.75) is 31.3 Å². The lowest BCUT2D eigenvalue weighted by Gasteiger charge is -2.26. The maximum absolute atomic E-state index is 11.7. The fraction of sp³-hybridized carbons (Fsp3) is 0.733. The fourth-order valence-corrected chi connectivity index (χ4v) is 2.90. The highest BCUT2D eigenvalue weighted by Gasteiger charge is 2.09. The van der Waals surface area contributed by atoms with Gasteiger partial charge in [-0.15, -0.1) is 0 Å². The van der Waals surface area contributed by atoms with Gasteiger partial charge in [0.25, 0.3) is 5.56 Å². The van der Waals surface area contributed by atoms with Gasteiger partial charge in [-0.2, -0.15) is 11.8 Å². The van der Waals surface area contributed by atoms with Crippen LogP contribution in [0.25, 0.3) is 0 Å². The number of thioether (sulfide) groups is 1. The van der Waals surface area contributed by atoms with Gasteiger partial charge in [-0.1, -0.05) is 13.8 Å². The highest BCUT2D eigenvalue weighted by Crippen LogP contribution is 2.15. The molecule has 22 heavy (non-hydrogen) atoms. The summed E-state index contributed by atoms with van der Waals surface area (Å²) in [5.41, 5.74) is 0.739. The highest BCUT2D eigenvalue weighted by atomic mass is 32.2. The third-order valence-electron chi connectivity index (χ3n) is 3.41. The van der Waals surface area contributed by atoms with Gasteiger partial charge in [0.1, 0.15) is 0 Å². The first-order chi connectivity index (χ1) is 10.6. The van der Waals surface area contributed by atoms with Crippen molar-refractivity contribution in [3.8, 4) is 0 Å². The zero-order chi connectivity index (χ0) is 15.8. The monoisotopic (exact) mass is 326 g/mol. The van der Waals surface area contributed by atoms with Crippen LogP contribution < -0.4 is 10.9 Å². The number of anilines is 1. The second-order valence-corrected chi connectivity index (χ2v) is 7.24. The van der Waals surface area contributed by atoms with Crippen LogP contribution in [0.5, 0.6) is 0 Å². The molecule has 1 saturated heterocycles. The maximum atomic E-state index is 11.7. The number of rotatable bonds is 8. The molecule has 0 saturated carbocycles. The van der Waals surface area contributed by atoms with Gasteiger partial charge in [-0.25, -0.2) is 4.98 Å². The van der Waals surface area contributed by atoms with E-state index in [0.29, 0.717) is 11.2 Å². The molecule has 0 aromatic carbocycles. The summed E-state index contributed by atoms with van der Waals surface area (Å²) in [5, 5.41) is 3.75. The van der Waals surface area contributed by atoms with E-state index in [9.17, 15) is 4.79 Å². The highest BCUT2D eigenvalue weighted by molar-refractivity contribution is 7.99. The molecule has 0 aliphatic carbocycles. The van der Waals surface area contributed by atoms with Crippen LogP contribution in [0.3, 0.4) is 0 Å². The molecule has 1 aliphatic heterocycles. The fourth-order valence-electron chi connectivity index (χ4n) is 2.25. The average molecular weight is 326 g/mol. The molecule has 0 spiro atoms. The third-order valence-corrected chi connectivity index (χ3v) is 4.54. The van der Waals surface area contributed by atoms with Crippen LogP contribution in [0.1, 0.15) is 26.0 Å². The predicted molar refractivity (Wildman–Crippen MR) is 91.7 cm³/mol. The van der Waals surface area contributed by atoms with Gasteiger partial charge >= 0.3 is 0 Å². The lowest BCUT2D eigenvalue weighted by atomic mass is 10.3. The molecule has 7 heteroatoms. The molecule has 2 heterocycles. The number of ether oxygens (including phenoxy) is 1. The molecule has 0 unspecified atom stereocenters.